The molecule has 1 rings (SSSR count). The van der Waals surface area contributed by atoms with E-state index in [4.69, 9.17) is 11.6 Å². The van der Waals surface area contributed by atoms with Crippen LogP contribution in [0.1, 0.15) is 13.8 Å². The quantitative estimate of drug-likeness (QED) is 0.510. The Morgan fingerprint density at radius 2 is 2.19 bits per heavy atom. The first-order chi connectivity index (χ1) is 7.65. The molecule has 0 unspecified atom stereocenters. The summed E-state index contributed by atoms with van der Waals surface area (Å²) in [7, 11) is 0. The van der Waals surface area contributed by atoms with Crippen LogP contribution in [0, 0.1) is 0 Å². The summed E-state index contributed by atoms with van der Waals surface area (Å²) in [5.41, 5.74) is 3.49. The lowest BCUT2D eigenvalue weighted by atomic mass is 10.3. The van der Waals surface area contributed by atoms with E-state index in [9.17, 15) is 4.79 Å². The second kappa shape index (κ2) is 6.55. The van der Waals surface area contributed by atoms with Gasteiger partial charge in [-0.15, -0.1) is 11.8 Å². The first kappa shape index (κ1) is 13.1. The number of hydrazone groups is 1. The lowest BCUT2D eigenvalue weighted by Gasteiger charge is -2.04. The van der Waals surface area contributed by atoms with Crippen LogP contribution in [-0.4, -0.2) is 16.6 Å². The van der Waals surface area contributed by atoms with Crippen LogP contribution in [0.3, 0.4) is 0 Å². The average Bonchev–Trinajstić information content (AvgIpc) is 2.26. The number of benzene rings is 1. The molecule has 0 aliphatic carbocycles. The van der Waals surface area contributed by atoms with Gasteiger partial charge in [0.1, 0.15) is 0 Å². The third-order valence-electron chi connectivity index (χ3n) is 1.73. The van der Waals surface area contributed by atoms with Gasteiger partial charge < -0.3 is 0 Å². The molecule has 0 aliphatic rings. The smallest absolute Gasteiger partial charge is 0.186 e. The normalized spacial score (nSPS) is 11.3. The highest BCUT2D eigenvalue weighted by Crippen LogP contribution is 2.20. The molecule has 1 aromatic rings. The number of hydrogen-bond donors (Lipinski definition) is 1. The molecule has 0 fully saturated rings. The standard InChI is InChI=1S/C11H13ClN2OS/c1-3-16-11(8(2)15)14-13-10-7-5-4-6-9(10)12/h4-7,13H,3H2,1-2H3/b14-11+. The van der Waals surface area contributed by atoms with Crippen LogP contribution in [0.15, 0.2) is 29.4 Å². The molecule has 0 aliphatic heterocycles. The number of para-hydroxylation sites is 1. The van der Waals surface area contributed by atoms with E-state index in [1.807, 2.05) is 19.1 Å². The van der Waals surface area contributed by atoms with Crippen molar-refractivity contribution in [2.45, 2.75) is 13.8 Å². The number of carbonyl (C=O) groups excluding carboxylic acids is 1. The van der Waals surface area contributed by atoms with Crippen LogP contribution in [0.25, 0.3) is 0 Å². The molecule has 3 nitrogen and oxygen atoms in total. The third kappa shape index (κ3) is 3.87. The molecule has 86 valence electrons. The Labute approximate surface area is 104 Å². The zero-order valence-corrected chi connectivity index (χ0v) is 10.7. The van der Waals surface area contributed by atoms with Crippen molar-refractivity contribution in [1.82, 2.24) is 0 Å². The van der Waals surface area contributed by atoms with Gasteiger partial charge in [-0.3, -0.25) is 10.2 Å². The molecular formula is C11H13ClN2OS. The Bertz CT molecular complexity index is 407. The second-order valence-electron chi connectivity index (χ2n) is 3.00. The van der Waals surface area contributed by atoms with E-state index in [2.05, 4.69) is 10.5 Å². The molecule has 0 bridgehead atoms. The van der Waals surface area contributed by atoms with Crippen LogP contribution in [0.4, 0.5) is 5.69 Å². The van der Waals surface area contributed by atoms with Gasteiger partial charge in [0.25, 0.3) is 0 Å². The first-order valence-electron chi connectivity index (χ1n) is 4.87. The van der Waals surface area contributed by atoms with Gasteiger partial charge in [0.15, 0.2) is 10.8 Å². The monoisotopic (exact) mass is 256 g/mol. The molecular weight excluding hydrogens is 244 g/mol. The predicted molar refractivity (Wildman–Crippen MR) is 71.3 cm³/mol. The first-order valence-corrected chi connectivity index (χ1v) is 6.23. The average molecular weight is 257 g/mol. The van der Waals surface area contributed by atoms with Crippen LogP contribution in [-0.2, 0) is 4.79 Å². The Hall–Kier alpha value is -1.00. The minimum Gasteiger partial charge on any atom is -0.292 e. The topological polar surface area (TPSA) is 41.5 Å². The molecule has 1 aromatic carbocycles. The highest BCUT2D eigenvalue weighted by molar-refractivity contribution is 8.15. The summed E-state index contributed by atoms with van der Waals surface area (Å²) in [4.78, 5) is 11.2. The van der Waals surface area contributed by atoms with E-state index in [1.54, 1.807) is 12.1 Å². The van der Waals surface area contributed by atoms with Crippen molar-refractivity contribution in [3.63, 3.8) is 0 Å². The summed E-state index contributed by atoms with van der Waals surface area (Å²) < 4.78 is 0. The van der Waals surface area contributed by atoms with Gasteiger partial charge in [0.2, 0.25) is 0 Å². The summed E-state index contributed by atoms with van der Waals surface area (Å²) in [6.45, 7) is 3.47. The molecule has 0 radical (unpaired) electrons. The molecule has 16 heavy (non-hydrogen) atoms. The Balaban J connectivity index is 2.77. The SMILES string of the molecule is CCS/C(=N/Nc1ccccc1Cl)C(C)=O. The predicted octanol–water partition coefficient (Wildman–Crippen LogP) is 3.41. The van der Waals surface area contributed by atoms with Crippen LogP contribution in [0.5, 0.6) is 0 Å². The van der Waals surface area contributed by atoms with Crippen molar-refractivity contribution in [3.8, 4) is 0 Å². The van der Waals surface area contributed by atoms with Gasteiger partial charge in [-0.2, -0.15) is 5.10 Å². The summed E-state index contributed by atoms with van der Waals surface area (Å²) in [6.07, 6.45) is 0. The number of ketones is 1. The lowest BCUT2D eigenvalue weighted by Crippen LogP contribution is -2.08. The highest BCUT2D eigenvalue weighted by Gasteiger charge is 2.05. The maximum absolute atomic E-state index is 11.2. The van der Waals surface area contributed by atoms with Crippen molar-refractivity contribution in [3.05, 3.63) is 29.3 Å². The highest BCUT2D eigenvalue weighted by atomic mass is 35.5. The lowest BCUT2D eigenvalue weighted by molar-refractivity contribution is -0.110. The number of thioether (sulfide) groups is 1. The number of anilines is 1. The molecule has 0 saturated carbocycles. The van der Waals surface area contributed by atoms with Crippen molar-refractivity contribution in [2.24, 2.45) is 5.10 Å². The Morgan fingerprint density at radius 1 is 1.50 bits per heavy atom. The van der Waals surface area contributed by atoms with E-state index in [1.165, 1.54) is 18.7 Å². The van der Waals surface area contributed by atoms with E-state index in [0.717, 1.165) is 5.75 Å². The number of hydrogen-bond acceptors (Lipinski definition) is 4. The number of Topliss-reactive ketones (excluding diaryl/α,β-unsaturated/α-hetero) is 1. The largest absolute Gasteiger partial charge is 0.292 e. The molecule has 5 heteroatoms. The van der Waals surface area contributed by atoms with Crippen molar-refractivity contribution < 1.29 is 4.79 Å². The Morgan fingerprint density at radius 3 is 2.75 bits per heavy atom. The number of carbonyl (C=O) groups is 1. The van der Waals surface area contributed by atoms with Crippen molar-refractivity contribution in [1.29, 1.82) is 0 Å². The maximum atomic E-state index is 11.2. The fourth-order valence-corrected chi connectivity index (χ4v) is 1.78. The molecule has 0 saturated heterocycles. The van der Waals surface area contributed by atoms with Gasteiger partial charge >= 0.3 is 0 Å². The number of rotatable bonds is 4. The second-order valence-corrected chi connectivity index (χ2v) is 4.66. The molecule has 0 aromatic heterocycles. The van der Waals surface area contributed by atoms with Gasteiger partial charge in [-0.25, -0.2) is 0 Å². The third-order valence-corrected chi connectivity index (χ3v) is 3.00. The maximum Gasteiger partial charge on any atom is 0.186 e. The number of halogens is 1. The van der Waals surface area contributed by atoms with E-state index >= 15 is 0 Å². The van der Waals surface area contributed by atoms with Gasteiger partial charge in [-0.1, -0.05) is 30.7 Å². The number of nitrogens with zero attached hydrogens (tertiary/aromatic N) is 1. The van der Waals surface area contributed by atoms with Crippen LogP contribution < -0.4 is 5.43 Å². The van der Waals surface area contributed by atoms with E-state index in [0.29, 0.717) is 15.8 Å². The zero-order chi connectivity index (χ0) is 12.0. The molecule has 0 atom stereocenters. The van der Waals surface area contributed by atoms with Gasteiger partial charge in [0, 0.05) is 6.92 Å². The van der Waals surface area contributed by atoms with E-state index < -0.39 is 0 Å². The zero-order valence-electron chi connectivity index (χ0n) is 9.16. The summed E-state index contributed by atoms with van der Waals surface area (Å²) in [6, 6.07) is 7.26. The van der Waals surface area contributed by atoms with Crippen LogP contribution >= 0.6 is 23.4 Å². The van der Waals surface area contributed by atoms with Crippen LogP contribution in [0.2, 0.25) is 5.02 Å². The molecule has 0 spiro atoms. The van der Waals surface area contributed by atoms with E-state index in [-0.39, 0.29) is 5.78 Å². The van der Waals surface area contributed by atoms with Gasteiger partial charge in [0.05, 0.1) is 10.7 Å². The Kier molecular flexibility index (Phi) is 5.35. The fourth-order valence-electron chi connectivity index (χ4n) is 1.01. The molecule has 1 N–H and O–H groups in total. The summed E-state index contributed by atoms with van der Waals surface area (Å²) in [5, 5.41) is 5.08. The minimum absolute atomic E-state index is 0.0496. The summed E-state index contributed by atoms with van der Waals surface area (Å²) in [5.74, 6) is 0.759. The fraction of sp³-hybridized carbons (Fsp3) is 0.273. The van der Waals surface area contributed by atoms with Gasteiger partial charge in [-0.05, 0) is 17.9 Å². The summed E-state index contributed by atoms with van der Waals surface area (Å²) >= 11 is 7.35. The van der Waals surface area contributed by atoms with Crippen molar-refractivity contribution in [2.75, 3.05) is 11.2 Å². The minimum atomic E-state index is -0.0496. The molecule has 0 heterocycles. The molecule has 0 amide bonds. The van der Waals surface area contributed by atoms with Crippen molar-refractivity contribution >= 4 is 39.9 Å². The number of nitrogens with one attached hydrogen (secondary N) is 1.